The van der Waals surface area contributed by atoms with Crippen LogP contribution in [0.15, 0.2) is 30.6 Å². The third kappa shape index (κ3) is 2.62. The van der Waals surface area contributed by atoms with Crippen molar-refractivity contribution in [1.29, 1.82) is 0 Å². The standard InChI is InChI=1S/C13H17N3O2/c1-14-11(8-13-15-5-6-16-13)10-7-9(18-2)3-4-12(10)17/h3-7,11,14,17H,8H2,1-2H3,(H,15,16)/t11-/m1/s1. The Labute approximate surface area is 106 Å². The first-order valence-electron chi connectivity index (χ1n) is 5.77. The Morgan fingerprint density at radius 1 is 1.50 bits per heavy atom. The van der Waals surface area contributed by atoms with Crippen LogP contribution in [0.2, 0.25) is 0 Å². The Bertz CT molecular complexity index is 497. The maximum absolute atomic E-state index is 9.93. The number of nitrogens with zero attached hydrogens (tertiary/aromatic N) is 1. The van der Waals surface area contributed by atoms with E-state index in [9.17, 15) is 5.11 Å². The summed E-state index contributed by atoms with van der Waals surface area (Å²) in [6, 6.07) is 5.18. The van der Waals surface area contributed by atoms with Crippen molar-refractivity contribution in [2.75, 3.05) is 14.2 Å². The van der Waals surface area contributed by atoms with Gasteiger partial charge in [-0.3, -0.25) is 0 Å². The lowest BCUT2D eigenvalue weighted by molar-refractivity contribution is 0.407. The van der Waals surface area contributed by atoms with Crippen LogP contribution >= 0.6 is 0 Å². The maximum Gasteiger partial charge on any atom is 0.120 e. The maximum atomic E-state index is 9.93. The second kappa shape index (κ2) is 5.55. The van der Waals surface area contributed by atoms with Crippen LogP contribution in [0.1, 0.15) is 17.4 Å². The molecule has 0 bridgehead atoms. The molecule has 0 aliphatic rings. The number of hydrogen-bond acceptors (Lipinski definition) is 4. The summed E-state index contributed by atoms with van der Waals surface area (Å²) in [5.41, 5.74) is 0.799. The molecule has 0 aliphatic carbocycles. The average Bonchev–Trinajstić information content (AvgIpc) is 2.90. The Balaban J connectivity index is 2.26. The summed E-state index contributed by atoms with van der Waals surface area (Å²) < 4.78 is 5.18. The normalized spacial score (nSPS) is 12.3. The van der Waals surface area contributed by atoms with Crippen LogP contribution in [-0.4, -0.2) is 29.2 Å². The van der Waals surface area contributed by atoms with Gasteiger partial charge in [0.1, 0.15) is 17.3 Å². The third-order valence-corrected chi connectivity index (χ3v) is 2.91. The molecule has 1 aromatic heterocycles. The van der Waals surface area contributed by atoms with E-state index in [0.717, 1.165) is 17.1 Å². The van der Waals surface area contributed by atoms with Crippen LogP contribution in [0, 0.1) is 0 Å². The second-order valence-electron chi connectivity index (χ2n) is 4.01. The molecule has 0 fully saturated rings. The van der Waals surface area contributed by atoms with Crippen molar-refractivity contribution >= 4 is 0 Å². The molecule has 0 radical (unpaired) electrons. The molecule has 5 heteroatoms. The van der Waals surface area contributed by atoms with Gasteiger partial charge in [0.15, 0.2) is 0 Å². The van der Waals surface area contributed by atoms with E-state index < -0.39 is 0 Å². The minimum Gasteiger partial charge on any atom is -0.508 e. The summed E-state index contributed by atoms with van der Waals surface area (Å²) in [7, 11) is 3.46. The zero-order valence-electron chi connectivity index (χ0n) is 10.5. The highest BCUT2D eigenvalue weighted by atomic mass is 16.5. The summed E-state index contributed by atoms with van der Waals surface area (Å²) in [4.78, 5) is 7.25. The van der Waals surface area contributed by atoms with E-state index in [-0.39, 0.29) is 11.8 Å². The molecule has 2 aromatic rings. The molecule has 1 atom stereocenters. The highest BCUT2D eigenvalue weighted by Crippen LogP contribution is 2.29. The van der Waals surface area contributed by atoms with Crippen LogP contribution in [0.5, 0.6) is 11.5 Å². The van der Waals surface area contributed by atoms with Crippen molar-refractivity contribution in [2.24, 2.45) is 0 Å². The molecule has 1 heterocycles. The van der Waals surface area contributed by atoms with Gasteiger partial charge in [-0.2, -0.15) is 0 Å². The van der Waals surface area contributed by atoms with Crippen LogP contribution in [0.3, 0.4) is 0 Å². The van der Waals surface area contributed by atoms with Gasteiger partial charge in [0.2, 0.25) is 0 Å². The van der Waals surface area contributed by atoms with Crippen molar-refractivity contribution < 1.29 is 9.84 Å². The van der Waals surface area contributed by atoms with Gasteiger partial charge in [-0.1, -0.05) is 0 Å². The fraction of sp³-hybridized carbons (Fsp3) is 0.308. The quantitative estimate of drug-likeness (QED) is 0.751. The minimum absolute atomic E-state index is 0.0220. The molecule has 0 unspecified atom stereocenters. The average molecular weight is 247 g/mol. The van der Waals surface area contributed by atoms with E-state index in [0.29, 0.717) is 6.42 Å². The summed E-state index contributed by atoms with van der Waals surface area (Å²) in [5.74, 6) is 1.85. The fourth-order valence-electron chi connectivity index (χ4n) is 1.91. The van der Waals surface area contributed by atoms with Crippen LogP contribution < -0.4 is 10.1 Å². The number of likely N-dealkylation sites (N-methyl/N-ethyl adjacent to an activating group) is 1. The number of rotatable bonds is 5. The van der Waals surface area contributed by atoms with Gasteiger partial charge in [0, 0.05) is 30.4 Å². The van der Waals surface area contributed by atoms with Crippen LogP contribution in [-0.2, 0) is 6.42 Å². The number of aromatic nitrogens is 2. The molecule has 1 aromatic carbocycles. The molecule has 96 valence electrons. The largest absolute Gasteiger partial charge is 0.508 e. The Hall–Kier alpha value is -2.01. The number of hydrogen-bond donors (Lipinski definition) is 3. The smallest absolute Gasteiger partial charge is 0.120 e. The molecular weight excluding hydrogens is 230 g/mol. The highest BCUT2D eigenvalue weighted by molar-refractivity contribution is 5.41. The lowest BCUT2D eigenvalue weighted by Gasteiger charge is -2.17. The van der Waals surface area contributed by atoms with Gasteiger partial charge >= 0.3 is 0 Å². The van der Waals surface area contributed by atoms with E-state index in [1.807, 2.05) is 13.1 Å². The fourth-order valence-corrected chi connectivity index (χ4v) is 1.91. The van der Waals surface area contributed by atoms with E-state index in [1.54, 1.807) is 31.6 Å². The second-order valence-corrected chi connectivity index (χ2v) is 4.01. The highest BCUT2D eigenvalue weighted by Gasteiger charge is 2.16. The van der Waals surface area contributed by atoms with Crippen molar-refractivity contribution in [3.63, 3.8) is 0 Å². The molecule has 0 saturated carbocycles. The van der Waals surface area contributed by atoms with Crippen molar-refractivity contribution in [3.05, 3.63) is 42.0 Å². The lowest BCUT2D eigenvalue weighted by Crippen LogP contribution is -2.19. The SMILES string of the molecule is CN[C@H](Cc1ncc[nH]1)c1cc(OC)ccc1O. The van der Waals surface area contributed by atoms with Gasteiger partial charge in [-0.25, -0.2) is 4.98 Å². The number of imidazole rings is 1. The van der Waals surface area contributed by atoms with E-state index in [2.05, 4.69) is 15.3 Å². The molecule has 0 aliphatic heterocycles. The number of benzene rings is 1. The molecule has 18 heavy (non-hydrogen) atoms. The number of phenols is 1. The Morgan fingerprint density at radius 2 is 2.33 bits per heavy atom. The monoisotopic (exact) mass is 247 g/mol. The number of aromatic amines is 1. The number of H-pyrrole nitrogens is 1. The van der Waals surface area contributed by atoms with Crippen molar-refractivity contribution in [2.45, 2.75) is 12.5 Å². The van der Waals surface area contributed by atoms with Gasteiger partial charge in [0.05, 0.1) is 7.11 Å². The van der Waals surface area contributed by atoms with Crippen LogP contribution in [0.4, 0.5) is 0 Å². The lowest BCUT2D eigenvalue weighted by atomic mass is 10.0. The predicted octanol–water partition coefficient (Wildman–Crippen LogP) is 1.63. The number of nitrogens with one attached hydrogen (secondary N) is 2. The Morgan fingerprint density at radius 3 is 2.94 bits per heavy atom. The minimum atomic E-state index is -0.0220. The van der Waals surface area contributed by atoms with Gasteiger partial charge in [-0.05, 0) is 25.2 Å². The van der Waals surface area contributed by atoms with E-state index >= 15 is 0 Å². The van der Waals surface area contributed by atoms with E-state index in [1.165, 1.54) is 0 Å². The summed E-state index contributed by atoms with van der Waals surface area (Å²) in [5, 5.41) is 13.1. The molecule has 0 amide bonds. The molecular formula is C13H17N3O2. The first kappa shape index (κ1) is 12.4. The van der Waals surface area contributed by atoms with Gasteiger partial charge in [-0.15, -0.1) is 0 Å². The van der Waals surface area contributed by atoms with Crippen molar-refractivity contribution in [1.82, 2.24) is 15.3 Å². The number of ether oxygens (including phenoxy) is 1. The molecule has 2 rings (SSSR count). The van der Waals surface area contributed by atoms with Gasteiger partial charge in [0.25, 0.3) is 0 Å². The van der Waals surface area contributed by atoms with E-state index in [4.69, 9.17) is 4.74 Å². The number of methoxy groups -OCH3 is 1. The topological polar surface area (TPSA) is 70.2 Å². The van der Waals surface area contributed by atoms with Gasteiger partial charge < -0.3 is 20.1 Å². The van der Waals surface area contributed by atoms with Crippen LogP contribution in [0.25, 0.3) is 0 Å². The zero-order valence-corrected chi connectivity index (χ0v) is 10.5. The molecule has 0 saturated heterocycles. The Kier molecular flexibility index (Phi) is 3.84. The number of phenolic OH excluding ortho intramolecular Hbond substituents is 1. The van der Waals surface area contributed by atoms with Crippen molar-refractivity contribution in [3.8, 4) is 11.5 Å². The first-order valence-corrected chi connectivity index (χ1v) is 5.77. The summed E-state index contributed by atoms with van der Waals surface area (Å²) >= 11 is 0. The zero-order chi connectivity index (χ0) is 13.0. The predicted molar refractivity (Wildman–Crippen MR) is 68.8 cm³/mol. The summed E-state index contributed by atoms with van der Waals surface area (Å²) in [6.07, 6.45) is 4.17. The summed E-state index contributed by atoms with van der Waals surface area (Å²) in [6.45, 7) is 0. The first-order chi connectivity index (χ1) is 8.74. The molecule has 3 N–H and O–H groups in total. The molecule has 5 nitrogen and oxygen atoms in total. The number of aromatic hydroxyl groups is 1. The third-order valence-electron chi connectivity index (χ3n) is 2.91. The molecule has 0 spiro atoms.